The number of benzene rings is 2. The number of piperazine rings is 1. The van der Waals surface area contributed by atoms with Gasteiger partial charge in [-0.1, -0.05) is 0 Å². The Bertz CT molecular complexity index is 1160. The number of carbonyl (C=O) groups excluding carboxylic acids is 1. The highest BCUT2D eigenvalue weighted by Gasteiger charge is 2.40. The second-order valence-corrected chi connectivity index (χ2v) is 8.50. The second-order valence-electron chi connectivity index (χ2n) is 8.06. The van der Waals surface area contributed by atoms with Gasteiger partial charge < -0.3 is 15.5 Å². The third-order valence-electron chi connectivity index (χ3n) is 5.46. The topological polar surface area (TPSA) is 74.0 Å². The zero-order chi connectivity index (χ0) is 26.1. The highest BCUT2D eigenvalue weighted by atomic mass is 32.1. The zero-order valence-electron chi connectivity index (χ0n) is 18.5. The molecule has 0 aliphatic carbocycles. The lowest BCUT2D eigenvalue weighted by Crippen LogP contribution is -2.59. The predicted molar refractivity (Wildman–Crippen MR) is 123 cm³/mol. The SMILES string of the molecule is C[C@@H]1CN(c2cc(F)c(C=NNC(N)=S)cc2F)C[C@H](C)N1C(=O)c1ccc(F)cc1C(F)(F)F. The van der Waals surface area contributed by atoms with Crippen LogP contribution in [0.5, 0.6) is 0 Å². The van der Waals surface area contributed by atoms with Gasteiger partial charge in [0.1, 0.15) is 17.5 Å². The first-order chi connectivity index (χ1) is 16.3. The van der Waals surface area contributed by atoms with E-state index in [0.29, 0.717) is 0 Å². The first-order valence-corrected chi connectivity index (χ1v) is 10.7. The Labute approximate surface area is 202 Å². The number of hydrogen-bond acceptors (Lipinski definition) is 4. The minimum absolute atomic E-state index is 0.0193. The third kappa shape index (κ3) is 5.84. The maximum atomic E-state index is 14.8. The van der Waals surface area contributed by atoms with Crippen LogP contribution in [0.1, 0.15) is 35.3 Å². The Kier molecular flexibility index (Phi) is 7.58. The number of carbonyl (C=O) groups is 1. The number of hydrazone groups is 1. The van der Waals surface area contributed by atoms with Crippen molar-refractivity contribution in [3.05, 3.63) is 64.5 Å². The molecule has 3 rings (SSSR count). The van der Waals surface area contributed by atoms with E-state index < -0.39 is 52.7 Å². The van der Waals surface area contributed by atoms with Gasteiger partial charge >= 0.3 is 6.18 Å². The van der Waals surface area contributed by atoms with Crippen LogP contribution >= 0.6 is 12.2 Å². The lowest BCUT2D eigenvalue weighted by Gasteiger charge is -2.45. The van der Waals surface area contributed by atoms with E-state index in [-0.39, 0.29) is 35.5 Å². The largest absolute Gasteiger partial charge is 0.417 e. The van der Waals surface area contributed by atoms with E-state index in [2.05, 4.69) is 22.7 Å². The van der Waals surface area contributed by atoms with Crippen molar-refractivity contribution in [2.45, 2.75) is 32.1 Å². The molecule has 2 atom stereocenters. The highest BCUT2D eigenvalue weighted by molar-refractivity contribution is 7.80. The molecule has 188 valence electrons. The van der Waals surface area contributed by atoms with Gasteiger partial charge in [0.25, 0.3) is 5.91 Å². The Hall–Kier alpha value is -3.35. The smallest absolute Gasteiger partial charge is 0.375 e. The van der Waals surface area contributed by atoms with Crippen molar-refractivity contribution in [1.82, 2.24) is 10.3 Å². The first kappa shape index (κ1) is 26.3. The molecule has 1 fully saturated rings. The van der Waals surface area contributed by atoms with Crippen molar-refractivity contribution in [3.8, 4) is 0 Å². The third-order valence-corrected chi connectivity index (χ3v) is 5.55. The Morgan fingerprint density at radius 3 is 2.31 bits per heavy atom. The van der Waals surface area contributed by atoms with Gasteiger partial charge in [-0.3, -0.25) is 10.2 Å². The predicted octanol–water partition coefficient (Wildman–Crippen LogP) is 4.03. The minimum Gasteiger partial charge on any atom is -0.375 e. The van der Waals surface area contributed by atoms with Crippen LogP contribution in [0, 0.1) is 17.5 Å². The van der Waals surface area contributed by atoms with Crippen molar-refractivity contribution in [3.63, 3.8) is 0 Å². The number of thiocarbonyl (C=S) groups is 1. The number of nitrogens with zero attached hydrogens (tertiary/aromatic N) is 3. The average molecular weight is 517 g/mol. The molecule has 2 aromatic carbocycles. The monoisotopic (exact) mass is 517 g/mol. The maximum Gasteiger partial charge on any atom is 0.417 e. The standard InChI is InChI=1S/C22H21F6N5OS/c1-11-9-32(19-7-17(24)13(5-18(19)25)8-30-31-21(29)35)10-12(2)33(11)20(34)15-4-3-14(23)6-16(15)22(26,27)28/h3-8,11-12H,9-10H2,1-2H3,(H3,29,31,35)/t11-,12+. The van der Waals surface area contributed by atoms with Crippen LogP contribution in [-0.4, -0.2) is 47.3 Å². The molecule has 1 saturated heterocycles. The van der Waals surface area contributed by atoms with E-state index >= 15 is 0 Å². The van der Waals surface area contributed by atoms with Gasteiger partial charge in [0.2, 0.25) is 0 Å². The van der Waals surface area contributed by atoms with Crippen LogP contribution < -0.4 is 16.1 Å². The summed E-state index contributed by atoms with van der Waals surface area (Å²) in [4.78, 5) is 15.8. The van der Waals surface area contributed by atoms with Crippen molar-refractivity contribution in [2.75, 3.05) is 18.0 Å². The van der Waals surface area contributed by atoms with Crippen LogP contribution in [0.25, 0.3) is 0 Å². The number of alkyl halides is 3. The molecule has 1 amide bonds. The summed E-state index contributed by atoms with van der Waals surface area (Å²) in [6.07, 6.45) is -3.93. The fraction of sp³-hybridized carbons (Fsp3) is 0.318. The lowest BCUT2D eigenvalue weighted by molar-refractivity contribution is -0.138. The Morgan fingerprint density at radius 1 is 1.11 bits per heavy atom. The summed E-state index contributed by atoms with van der Waals surface area (Å²) in [6.45, 7) is 3.19. The van der Waals surface area contributed by atoms with E-state index in [1.807, 2.05) is 0 Å². The molecule has 0 bridgehead atoms. The summed E-state index contributed by atoms with van der Waals surface area (Å²) < 4.78 is 83.1. The highest BCUT2D eigenvalue weighted by Crippen LogP contribution is 2.35. The molecule has 1 heterocycles. The molecule has 0 spiro atoms. The van der Waals surface area contributed by atoms with Crippen LogP contribution in [0.4, 0.5) is 32.0 Å². The molecule has 1 aliphatic rings. The Balaban J connectivity index is 1.85. The fourth-order valence-corrected chi connectivity index (χ4v) is 4.11. The summed E-state index contributed by atoms with van der Waals surface area (Å²) >= 11 is 4.57. The molecule has 0 radical (unpaired) electrons. The van der Waals surface area contributed by atoms with Gasteiger partial charge in [-0.25, -0.2) is 13.2 Å². The fourth-order valence-electron chi connectivity index (χ4n) is 4.05. The quantitative estimate of drug-likeness (QED) is 0.277. The van der Waals surface area contributed by atoms with Crippen molar-refractivity contribution < 1.29 is 31.1 Å². The van der Waals surface area contributed by atoms with E-state index in [0.717, 1.165) is 30.5 Å². The molecule has 2 aromatic rings. The van der Waals surface area contributed by atoms with Gasteiger partial charge in [-0.2, -0.15) is 18.3 Å². The van der Waals surface area contributed by atoms with Gasteiger partial charge in [0.05, 0.1) is 23.0 Å². The molecule has 0 saturated carbocycles. The van der Waals surface area contributed by atoms with Crippen LogP contribution in [0.2, 0.25) is 0 Å². The number of nitrogens with one attached hydrogen (secondary N) is 1. The summed E-state index contributed by atoms with van der Waals surface area (Å²) in [5.74, 6) is -3.59. The molecule has 0 unspecified atom stereocenters. The molecule has 0 aromatic heterocycles. The summed E-state index contributed by atoms with van der Waals surface area (Å²) in [6, 6.07) is 2.42. The molecule has 3 N–H and O–H groups in total. The van der Waals surface area contributed by atoms with E-state index in [4.69, 9.17) is 5.73 Å². The average Bonchev–Trinajstić information content (AvgIpc) is 2.74. The van der Waals surface area contributed by atoms with Gasteiger partial charge in [0, 0.05) is 36.8 Å². The number of amides is 1. The lowest BCUT2D eigenvalue weighted by atomic mass is 10.0. The summed E-state index contributed by atoms with van der Waals surface area (Å²) in [5.41, 5.74) is 5.13. The van der Waals surface area contributed by atoms with Gasteiger partial charge in [0.15, 0.2) is 5.11 Å². The minimum atomic E-state index is -4.93. The van der Waals surface area contributed by atoms with E-state index in [1.54, 1.807) is 13.8 Å². The van der Waals surface area contributed by atoms with Crippen molar-refractivity contribution in [2.24, 2.45) is 10.8 Å². The van der Waals surface area contributed by atoms with E-state index in [9.17, 15) is 31.1 Å². The van der Waals surface area contributed by atoms with Crippen LogP contribution in [0.3, 0.4) is 0 Å². The molecule has 35 heavy (non-hydrogen) atoms. The summed E-state index contributed by atoms with van der Waals surface area (Å²) in [7, 11) is 0. The molecule has 13 heteroatoms. The summed E-state index contributed by atoms with van der Waals surface area (Å²) in [5, 5.41) is 3.43. The molecule has 1 aliphatic heterocycles. The number of hydrogen-bond donors (Lipinski definition) is 2. The number of anilines is 1. The maximum absolute atomic E-state index is 14.8. The van der Waals surface area contributed by atoms with Crippen molar-refractivity contribution in [1.29, 1.82) is 0 Å². The first-order valence-electron chi connectivity index (χ1n) is 10.3. The number of rotatable bonds is 4. The molecular formula is C22H21F6N5OS. The normalized spacial score (nSPS) is 18.7. The van der Waals surface area contributed by atoms with Gasteiger partial charge in [-0.15, -0.1) is 0 Å². The van der Waals surface area contributed by atoms with E-state index in [1.165, 1.54) is 9.80 Å². The number of nitrogens with two attached hydrogens (primary N) is 1. The second kappa shape index (κ2) is 10.1. The van der Waals surface area contributed by atoms with Crippen LogP contribution in [0.15, 0.2) is 35.4 Å². The number of halogens is 6. The van der Waals surface area contributed by atoms with Crippen molar-refractivity contribution >= 4 is 35.1 Å². The zero-order valence-corrected chi connectivity index (χ0v) is 19.4. The van der Waals surface area contributed by atoms with Crippen LogP contribution in [-0.2, 0) is 6.18 Å². The Morgan fingerprint density at radius 2 is 1.74 bits per heavy atom. The van der Waals surface area contributed by atoms with Gasteiger partial charge in [-0.05, 0) is 50.3 Å². The molecule has 6 nitrogen and oxygen atoms in total. The molecular weight excluding hydrogens is 496 g/mol.